The highest BCUT2D eigenvalue weighted by Gasteiger charge is 2.13. The molecule has 4 nitrogen and oxygen atoms in total. The zero-order chi connectivity index (χ0) is 17.6. The number of hydrogen-bond donors (Lipinski definition) is 1. The quantitative estimate of drug-likeness (QED) is 0.542. The minimum absolute atomic E-state index is 0.0681. The van der Waals surface area contributed by atoms with E-state index < -0.39 is 5.82 Å². The minimum Gasteiger partial charge on any atom is -0.490 e. The summed E-state index contributed by atoms with van der Waals surface area (Å²) in [5.74, 6) is 1.81. The van der Waals surface area contributed by atoms with Crippen molar-refractivity contribution < 1.29 is 13.9 Å². The summed E-state index contributed by atoms with van der Waals surface area (Å²) < 4.78 is 19.7. The maximum Gasteiger partial charge on any atom is 0.261 e. The first-order chi connectivity index (χ1) is 12.2. The van der Waals surface area contributed by atoms with Crippen LogP contribution in [-0.4, -0.2) is 17.5 Å². The van der Waals surface area contributed by atoms with E-state index in [1.807, 2.05) is 12.1 Å². The molecule has 1 aromatic carbocycles. The number of rotatable bonds is 6. The van der Waals surface area contributed by atoms with Crippen LogP contribution in [0.4, 0.5) is 4.39 Å². The number of aromatic nitrogens is 1. The van der Waals surface area contributed by atoms with Crippen LogP contribution in [0.5, 0.6) is 5.75 Å². The van der Waals surface area contributed by atoms with Gasteiger partial charge in [0.1, 0.15) is 4.83 Å². The van der Waals surface area contributed by atoms with E-state index in [9.17, 15) is 9.18 Å². The third-order valence-electron chi connectivity index (χ3n) is 3.50. The number of fused-ring (bicyclic) bond motifs is 1. The predicted molar refractivity (Wildman–Crippen MR) is 96.1 cm³/mol. The Morgan fingerprint density at radius 3 is 3.04 bits per heavy atom. The van der Waals surface area contributed by atoms with Crippen molar-refractivity contribution in [1.29, 1.82) is 0 Å². The lowest BCUT2D eigenvalue weighted by molar-refractivity contribution is 0.0954. The molecule has 2 heterocycles. The number of pyridine rings is 1. The summed E-state index contributed by atoms with van der Waals surface area (Å²) in [7, 11) is 0. The average Bonchev–Trinajstić information content (AvgIpc) is 3.06. The fourth-order valence-corrected chi connectivity index (χ4v) is 3.19. The Labute approximate surface area is 148 Å². The molecule has 0 spiro atoms. The Hall–Kier alpha value is -2.91. The number of carbonyl (C=O) groups is 1. The van der Waals surface area contributed by atoms with Gasteiger partial charge in [-0.3, -0.25) is 4.79 Å². The van der Waals surface area contributed by atoms with Crippen molar-refractivity contribution in [2.24, 2.45) is 0 Å². The maximum atomic E-state index is 14.4. The van der Waals surface area contributed by atoms with E-state index in [4.69, 9.17) is 11.2 Å². The van der Waals surface area contributed by atoms with Crippen LogP contribution >= 0.6 is 11.3 Å². The molecule has 0 fully saturated rings. The summed E-state index contributed by atoms with van der Waals surface area (Å²) in [5.41, 5.74) is 0.353. The third-order valence-corrected chi connectivity index (χ3v) is 4.56. The molecule has 1 amide bonds. The molecule has 6 heteroatoms. The number of benzene rings is 1. The number of thiophene rings is 1. The van der Waals surface area contributed by atoms with Crippen molar-refractivity contribution >= 4 is 27.5 Å². The van der Waals surface area contributed by atoms with Gasteiger partial charge in [-0.2, -0.15) is 0 Å². The smallest absolute Gasteiger partial charge is 0.261 e. The van der Waals surface area contributed by atoms with Crippen molar-refractivity contribution in [2.75, 3.05) is 6.61 Å². The summed E-state index contributed by atoms with van der Waals surface area (Å²) >= 11 is 1.30. The summed E-state index contributed by atoms with van der Waals surface area (Å²) in [5, 5.41) is 3.64. The van der Waals surface area contributed by atoms with Gasteiger partial charge in [0.2, 0.25) is 0 Å². The zero-order valence-corrected chi connectivity index (χ0v) is 14.1. The molecule has 0 unspecified atom stereocenters. The Bertz CT molecular complexity index is 913. The molecule has 1 N–H and O–H groups in total. The first-order valence-corrected chi connectivity index (χ1v) is 8.47. The van der Waals surface area contributed by atoms with E-state index in [2.05, 4.69) is 16.2 Å². The largest absolute Gasteiger partial charge is 0.490 e. The zero-order valence-electron chi connectivity index (χ0n) is 13.3. The third kappa shape index (κ3) is 3.95. The summed E-state index contributed by atoms with van der Waals surface area (Å²) in [6.07, 6.45) is 7.24. The number of halogens is 1. The Morgan fingerprint density at radius 1 is 1.36 bits per heavy atom. The van der Waals surface area contributed by atoms with Crippen LogP contribution in [0.2, 0.25) is 0 Å². The molecule has 0 aliphatic heterocycles. The van der Waals surface area contributed by atoms with Gasteiger partial charge in [0.25, 0.3) is 5.91 Å². The second-order valence-electron chi connectivity index (χ2n) is 5.22. The fraction of sp³-hybridized carbons (Fsp3) is 0.158. The van der Waals surface area contributed by atoms with Gasteiger partial charge < -0.3 is 10.1 Å². The van der Waals surface area contributed by atoms with Crippen LogP contribution in [0.3, 0.4) is 0 Å². The molecular weight excluding hydrogens is 339 g/mol. The molecule has 0 bridgehead atoms. The van der Waals surface area contributed by atoms with Crippen molar-refractivity contribution in [3.63, 3.8) is 0 Å². The van der Waals surface area contributed by atoms with Gasteiger partial charge in [-0.05, 0) is 18.2 Å². The Kier molecular flexibility index (Phi) is 5.26. The second kappa shape index (κ2) is 7.77. The number of nitrogens with one attached hydrogen (secondary N) is 1. The molecular formula is C19H15FN2O2S. The fourth-order valence-electron chi connectivity index (χ4n) is 2.27. The molecule has 0 saturated heterocycles. The number of ether oxygens (including phenoxy) is 1. The highest BCUT2D eigenvalue weighted by molar-refractivity contribution is 7.20. The number of amides is 1. The Balaban J connectivity index is 1.67. The van der Waals surface area contributed by atoms with Crippen LogP contribution in [0.1, 0.15) is 21.7 Å². The van der Waals surface area contributed by atoms with Crippen molar-refractivity contribution in [3.8, 4) is 18.1 Å². The van der Waals surface area contributed by atoms with Gasteiger partial charge in [0.15, 0.2) is 11.6 Å². The topological polar surface area (TPSA) is 51.2 Å². The number of nitrogens with zero attached hydrogens (tertiary/aromatic N) is 1. The van der Waals surface area contributed by atoms with Gasteiger partial charge in [-0.15, -0.1) is 23.7 Å². The van der Waals surface area contributed by atoms with Crippen LogP contribution in [0.25, 0.3) is 10.2 Å². The van der Waals surface area contributed by atoms with Crippen LogP contribution in [-0.2, 0) is 6.54 Å². The number of hydrogen-bond acceptors (Lipinski definition) is 4. The molecule has 0 aliphatic carbocycles. The highest BCUT2D eigenvalue weighted by atomic mass is 32.1. The summed E-state index contributed by atoms with van der Waals surface area (Å²) in [6.45, 7) is 0.316. The Morgan fingerprint density at radius 2 is 2.24 bits per heavy atom. The monoisotopic (exact) mass is 354 g/mol. The van der Waals surface area contributed by atoms with Gasteiger partial charge in [0.05, 0.1) is 11.5 Å². The van der Waals surface area contributed by atoms with Crippen molar-refractivity contribution in [2.45, 2.75) is 13.0 Å². The van der Waals surface area contributed by atoms with E-state index in [0.29, 0.717) is 16.9 Å². The number of carbonyl (C=O) groups excluding carboxylic acids is 1. The SMILES string of the molecule is C#CCCOc1cccc(CNC(=O)c2cc3cccnc3s2)c1F. The van der Waals surface area contributed by atoms with Gasteiger partial charge in [-0.1, -0.05) is 18.2 Å². The molecule has 0 atom stereocenters. The molecule has 0 aliphatic rings. The second-order valence-corrected chi connectivity index (χ2v) is 6.25. The normalized spacial score (nSPS) is 10.4. The number of terminal acetylenes is 1. The van der Waals surface area contributed by atoms with Gasteiger partial charge in [-0.25, -0.2) is 9.37 Å². The van der Waals surface area contributed by atoms with Crippen molar-refractivity contribution in [1.82, 2.24) is 10.3 Å². The lowest BCUT2D eigenvalue weighted by Gasteiger charge is -2.10. The molecule has 2 aromatic heterocycles. The van der Waals surface area contributed by atoms with E-state index >= 15 is 0 Å². The van der Waals surface area contributed by atoms with E-state index in [1.54, 1.807) is 24.4 Å². The average molecular weight is 354 g/mol. The standard InChI is InChI=1S/C19H15FN2O2S/c1-2-3-10-24-15-8-4-6-14(17(15)20)12-22-18(23)16-11-13-7-5-9-21-19(13)25-16/h1,4-9,11H,3,10,12H2,(H,22,23). The predicted octanol–water partition coefficient (Wildman–Crippen LogP) is 3.77. The lowest BCUT2D eigenvalue weighted by Crippen LogP contribution is -2.22. The summed E-state index contributed by atoms with van der Waals surface area (Å²) in [4.78, 5) is 17.8. The van der Waals surface area contributed by atoms with E-state index in [0.717, 1.165) is 10.2 Å². The first-order valence-electron chi connectivity index (χ1n) is 7.65. The summed E-state index contributed by atoms with van der Waals surface area (Å²) in [6, 6.07) is 10.3. The van der Waals surface area contributed by atoms with E-state index in [-0.39, 0.29) is 24.8 Å². The van der Waals surface area contributed by atoms with E-state index in [1.165, 1.54) is 17.4 Å². The molecule has 0 radical (unpaired) electrons. The molecule has 126 valence electrons. The highest BCUT2D eigenvalue weighted by Crippen LogP contribution is 2.24. The van der Waals surface area contributed by atoms with Crippen molar-refractivity contribution in [3.05, 3.63) is 58.9 Å². The molecule has 3 rings (SSSR count). The van der Waals surface area contributed by atoms with Crippen LogP contribution in [0, 0.1) is 18.2 Å². The first kappa shape index (κ1) is 16.9. The molecule has 3 aromatic rings. The van der Waals surface area contributed by atoms with Gasteiger partial charge in [0, 0.05) is 30.1 Å². The van der Waals surface area contributed by atoms with Gasteiger partial charge >= 0.3 is 0 Å². The maximum absolute atomic E-state index is 14.4. The lowest BCUT2D eigenvalue weighted by atomic mass is 10.2. The molecule has 25 heavy (non-hydrogen) atoms. The molecule has 0 saturated carbocycles. The van der Waals surface area contributed by atoms with Crippen LogP contribution in [0.15, 0.2) is 42.6 Å². The van der Waals surface area contributed by atoms with Crippen LogP contribution < -0.4 is 10.1 Å². The minimum atomic E-state index is -0.488.